The Balaban J connectivity index is 2.77. The second-order valence-electron chi connectivity index (χ2n) is 5.53. The molecule has 0 saturated carbocycles. The Morgan fingerprint density at radius 1 is 1.18 bits per heavy atom. The lowest BCUT2D eigenvalue weighted by atomic mass is 9.94. The van der Waals surface area contributed by atoms with Crippen molar-refractivity contribution in [3.63, 3.8) is 0 Å². The Bertz CT molecular complexity index is 827. The van der Waals surface area contributed by atoms with Crippen molar-refractivity contribution in [2.45, 2.75) is 24.3 Å². The van der Waals surface area contributed by atoms with Crippen LogP contribution in [0.5, 0.6) is 0 Å². The van der Waals surface area contributed by atoms with E-state index in [9.17, 15) is 17.9 Å². The molecular weight excluding hydrogens is 307 g/mol. The summed E-state index contributed by atoms with van der Waals surface area (Å²) in [5.74, 6) is -1.08. The first-order valence-corrected chi connectivity index (χ1v) is 8.00. The maximum absolute atomic E-state index is 14.1. The van der Waals surface area contributed by atoms with Gasteiger partial charge in [0.05, 0.1) is 11.3 Å². The number of anilines is 1. The minimum absolute atomic E-state index is 0.0975. The van der Waals surface area contributed by atoms with Gasteiger partial charge in [-0.3, -0.25) is 0 Å². The molecule has 2 aromatic carbocycles. The number of primary sulfonamides is 1. The smallest absolute Gasteiger partial charge is 0.241 e. The van der Waals surface area contributed by atoms with Crippen molar-refractivity contribution in [2.24, 2.45) is 5.14 Å². The average molecular weight is 324 g/mol. The van der Waals surface area contributed by atoms with Crippen LogP contribution in [-0.4, -0.2) is 13.5 Å². The largest absolute Gasteiger partial charge is 0.396 e. The van der Waals surface area contributed by atoms with Gasteiger partial charge in [0.1, 0.15) is 4.90 Å². The quantitative estimate of drug-likeness (QED) is 0.750. The third-order valence-corrected chi connectivity index (χ3v) is 4.26. The van der Waals surface area contributed by atoms with E-state index in [1.54, 1.807) is 38.1 Å². The third kappa shape index (κ3) is 3.11. The SMILES string of the molecule is CC(C)(O)c1cccc(-c2ccc(N)c(F)c2S(N)(=O)=O)c1. The molecule has 0 radical (unpaired) electrons. The molecule has 0 saturated heterocycles. The van der Waals surface area contributed by atoms with Crippen molar-refractivity contribution in [3.05, 3.63) is 47.8 Å². The molecule has 0 aliphatic carbocycles. The summed E-state index contributed by atoms with van der Waals surface area (Å²) in [5.41, 5.74) is 5.08. The zero-order valence-electron chi connectivity index (χ0n) is 12.2. The molecule has 5 nitrogen and oxygen atoms in total. The van der Waals surface area contributed by atoms with Crippen LogP contribution < -0.4 is 10.9 Å². The molecule has 2 aromatic rings. The van der Waals surface area contributed by atoms with Crippen molar-refractivity contribution in [3.8, 4) is 11.1 Å². The Labute approximate surface area is 128 Å². The van der Waals surface area contributed by atoms with Crippen molar-refractivity contribution in [2.75, 3.05) is 5.73 Å². The Morgan fingerprint density at radius 3 is 2.36 bits per heavy atom. The summed E-state index contributed by atoms with van der Waals surface area (Å²) in [6, 6.07) is 9.18. The highest BCUT2D eigenvalue weighted by Crippen LogP contribution is 2.33. The number of hydrogen-bond donors (Lipinski definition) is 3. The third-order valence-electron chi connectivity index (χ3n) is 3.29. The van der Waals surface area contributed by atoms with E-state index in [0.29, 0.717) is 11.1 Å². The minimum atomic E-state index is -4.30. The topological polar surface area (TPSA) is 106 Å². The molecule has 0 fully saturated rings. The molecule has 0 aliphatic heterocycles. The lowest BCUT2D eigenvalue weighted by Gasteiger charge is -2.19. The lowest BCUT2D eigenvalue weighted by Crippen LogP contribution is -2.17. The van der Waals surface area contributed by atoms with Gasteiger partial charge in [-0.2, -0.15) is 0 Å². The van der Waals surface area contributed by atoms with Crippen LogP contribution in [0.15, 0.2) is 41.3 Å². The van der Waals surface area contributed by atoms with Gasteiger partial charge in [0, 0.05) is 5.56 Å². The second-order valence-corrected chi connectivity index (χ2v) is 7.03. The lowest BCUT2D eigenvalue weighted by molar-refractivity contribution is 0.0786. The van der Waals surface area contributed by atoms with Gasteiger partial charge in [0.25, 0.3) is 0 Å². The summed E-state index contributed by atoms with van der Waals surface area (Å²) in [6.45, 7) is 3.19. The number of nitrogen functional groups attached to an aromatic ring is 1. The fourth-order valence-electron chi connectivity index (χ4n) is 2.14. The Hall–Kier alpha value is -1.96. The van der Waals surface area contributed by atoms with Crippen molar-refractivity contribution < 1.29 is 17.9 Å². The molecule has 0 aliphatic rings. The fourth-order valence-corrected chi connectivity index (χ4v) is 3.00. The number of aliphatic hydroxyl groups is 1. The first-order chi connectivity index (χ1) is 10.0. The highest BCUT2D eigenvalue weighted by molar-refractivity contribution is 7.89. The molecule has 22 heavy (non-hydrogen) atoms. The number of rotatable bonds is 3. The Morgan fingerprint density at radius 2 is 1.82 bits per heavy atom. The number of nitrogens with two attached hydrogens (primary N) is 2. The molecule has 0 amide bonds. The van der Waals surface area contributed by atoms with E-state index in [1.807, 2.05) is 0 Å². The molecule has 0 spiro atoms. The number of benzene rings is 2. The van der Waals surface area contributed by atoms with Crippen LogP contribution in [0.3, 0.4) is 0 Å². The maximum Gasteiger partial charge on any atom is 0.241 e. The van der Waals surface area contributed by atoms with Crippen LogP contribution in [0.2, 0.25) is 0 Å². The Kier molecular flexibility index (Phi) is 3.99. The summed E-state index contributed by atoms with van der Waals surface area (Å²) in [4.78, 5) is -0.652. The molecule has 5 N–H and O–H groups in total. The van der Waals surface area contributed by atoms with Gasteiger partial charge >= 0.3 is 0 Å². The molecule has 2 rings (SSSR count). The number of halogens is 1. The summed E-state index contributed by atoms with van der Waals surface area (Å²) in [6.07, 6.45) is 0. The van der Waals surface area contributed by atoms with E-state index < -0.39 is 26.3 Å². The minimum Gasteiger partial charge on any atom is -0.396 e. The van der Waals surface area contributed by atoms with Gasteiger partial charge in [-0.1, -0.05) is 24.3 Å². The summed E-state index contributed by atoms with van der Waals surface area (Å²) >= 11 is 0. The van der Waals surface area contributed by atoms with Gasteiger partial charge in [0.15, 0.2) is 5.82 Å². The normalized spacial score (nSPS) is 12.4. The summed E-state index contributed by atoms with van der Waals surface area (Å²) in [7, 11) is -4.30. The fraction of sp³-hybridized carbons (Fsp3) is 0.200. The summed E-state index contributed by atoms with van der Waals surface area (Å²) in [5, 5.41) is 15.2. The first-order valence-electron chi connectivity index (χ1n) is 6.46. The standard InChI is InChI=1S/C15H17FN2O3S/c1-15(2,19)10-5-3-4-9(8-10)11-6-7-12(17)13(16)14(11)22(18,20)21/h3-8,19H,17H2,1-2H3,(H2,18,20,21). The van der Waals surface area contributed by atoms with Gasteiger partial charge < -0.3 is 10.8 Å². The van der Waals surface area contributed by atoms with E-state index in [4.69, 9.17) is 10.9 Å². The van der Waals surface area contributed by atoms with Crippen LogP contribution in [0.25, 0.3) is 11.1 Å². The molecular formula is C15H17FN2O3S. The number of hydrogen-bond acceptors (Lipinski definition) is 4. The van der Waals surface area contributed by atoms with Gasteiger partial charge in [-0.25, -0.2) is 17.9 Å². The van der Waals surface area contributed by atoms with Crippen LogP contribution >= 0.6 is 0 Å². The molecule has 7 heteroatoms. The van der Waals surface area contributed by atoms with Crippen molar-refractivity contribution in [1.82, 2.24) is 0 Å². The first kappa shape index (κ1) is 16.4. The summed E-state index contributed by atoms with van der Waals surface area (Å²) < 4.78 is 37.6. The predicted molar refractivity (Wildman–Crippen MR) is 82.9 cm³/mol. The van der Waals surface area contributed by atoms with Crippen LogP contribution in [-0.2, 0) is 15.6 Å². The zero-order chi connectivity index (χ0) is 16.7. The molecule has 0 atom stereocenters. The van der Waals surface area contributed by atoms with Crippen LogP contribution in [0, 0.1) is 5.82 Å². The molecule has 0 aromatic heterocycles. The predicted octanol–water partition coefficient (Wildman–Crippen LogP) is 1.95. The second kappa shape index (κ2) is 5.35. The van der Waals surface area contributed by atoms with Gasteiger partial charge in [0.2, 0.25) is 10.0 Å². The van der Waals surface area contributed by atoms with E-state index in [-0.39, 0.29) is 11.3 Å². The van der Waals surface area contributed by atoms with Gasteiger partial charge in [-0.15, -0.1) is 0 Å². The number of sulfonamides is 1. The van der Waals surface area contributed by atoms with Gasteiger partial charge in [-0.05, 0) is 37.1 Å². The zero-order valence-corrected chi connectivity index (χ0v) is 13.0. The monoisotopic (exact) mass is 324 g/mol. The van der Waals surface area contributed by atoms with E-state index in [1.165, 1.54) is 12.1 Å². The molecule has 0 heterocycles. The molecule has 118 valence electrons. The van der Waals surface area contributed by atoms with Crippen molar-refractivity contribution in [1.29, 1.82) is 0 Å². The van der Waals surface area contributed by atoms with E-state index >= 15 is 0 Å². The molecule has 0 unspecified atom stereocenters. The highest BCUT2D eigenvalue weighted by Gasteiger charge is 2.24. The van der Waals surface area contributed by atoms with E-state index in [0.717, 1.165) is 0 Å². The average Bonchev–Trinajstić information content (AvgIpc) is 2.39. The van der Waals surface area contributed by atoms with Crippen molar-refractivity contribution >= 4 is 15.7 Å². The van der Waals surface area contributed by atoms with E-state index in [2.05, 4.69) is 0 Å². The van der Waals surface area contributed by atoms with Crippen LogP contribution in [0.4, 0.5) is 10.1 Å². The molecule has 0 bridgehead atoms. The highest BCUT2D eigenvalue weighted by atomic mass is 32.2. The van der Waals surface area contributed by atoms with Crippen LogP contribution in [0.1, 0.15) is 19.4 Å². The maximum atomic E-state index is 14.1.